The van der Waals surface area contributed by atoms with Crippen LogP contribution in [0.3, 0.4) is 0 Å². The van der Waals surface area contributed by atoms with Crippen molar-refractivity contribution in [3.05, 3.63) is 34.6 Å². The standard InChI is InChI=1S/C19H21FN2O3/c20-16-7-5-12(11-3-1-2-4-11)14-9-22(10-15(14)16)19(25)13-6-8-17(23)21-18(13)24/h5,7,11,13H,1-4,6,8-10H2,(H,21,23,24). The maximum absolute atomic E-state index is 14.3. The molecule has 2 aliphatic heterocycles. The van der Waals surface area contributed by atoms with Crippen LogP contribution in [0.1, 0.15) is 61.1 Å². The van der Waals surface area contributed by atoms with Crippen molar-refractivity contribution in [3.63, 3.8) is 0 Å². The SMILES string of the molecule is O=C1CCC(C(=O)N2Cc3c(F)ccc(C4CCCC4)c3C2)C(=O)N1. The monoisotopic (exact) mass is 344 g/mol. The highest BCUT2D eigenvalue weighted by molar-refractivity contribution is 6.08. The molecule has 1 aliphatic carbocycles. The quantitative estimate of drug-likeness (QED) is 0.662. The Kier molecular flexibility index (Phi) is 4.06. The van der Waals surface area contributed by atoms with Crippen LogP contribution in [-0.2, 0) is 27.5 Å². The summed E-state index contributed by atoms with van der Waals surface area (Å²) >= 11 is 0. The van der Waals surface area contributed by atoms with Gasteiger partial charge in [-0.05, 0) is 42.4 Å². The van der Waals surface area contributed by atoms with Crippen LogP contribution < -0.4 is 5.32 Å². The molecule has 3 aliphatic rings. The van der Waals surface area contributed by atoms with Crippen molar-refractivity contribution >= 4 is 17.7 Å². The molecule has 1 atom stereocenters. The molecular weight excluding hydrogens is 323 g/mol. The number of carbonyl (C=O) groups is 3. The van der Waals surface area contributed by atoms with Gasteiger partial charge in [-0.15, -0.1) is 0 Å². The van der Waals surface area contributed by atoms with Gasteiger partial charge < -0.3 is 4.90 Å². The van der Waals surface area contributed by atoms with Crippen molar-refractivity contribution in [1.29, 1.82) is 0 Å². The van der Waals surface area contributed by atoms with Gasteiger partial charge in [0.15, 0.2) is 0 Å². The van der Waals surface area contributed by atoms with Crippen LogP contribution in [0.5, 0.6) is 0 Å². The molecule has 0 spiro atoms. The molecule has 6 heteroatoms. The summed E-state index contributed by atoms with van der Waals surface area (Å²) in [6.45, 7) is 0.563. The molecule has 25 heavy (non-hydrogen) atoms. The number of nitrogens with zero attached hydrogens (tertiary/aromatic N) is 1. The summed E-state index contributed by atoms with van der Waals surface area (Å²) in [6, 6.07) is 3.37. The molecule has 1 N–H and O–H groups in total. The molecule has 2 heterocycles. The first kappa shape index (κ1) is 16.2. The summed E-state index contributed by atoms with van der Waals surface area (Å²) < 4.78 is 14.3. The Bertz CT molecular complexity index is 755. The van der Waals surface area contributed by atoms with E-state index in [0.717, 1.165) is 24.0 Å². The maximum atomic E-state index is 14.3. The topological polar surface area (TPSA) is 66.5 Å². The Morgan fingerprint density at radius 2 is 1.80 bits per heavy atom. The van der Waals surface area contributed by atoms with E-state index in [2.05, 4.69) is 5.32 Å². The molecule has 132 valence electrons. The van der Waals surface area contributed by atoms with Gasteiger partial charge in [0.2, 0.25) is 17.7 Å². The molecule has 0 bridgehead atoms. The number of amides is 3. The van der Waals surface area contributed by atoms with Gasteiger partial charge in [0.05, 0.1) is 0 Å². The van der Waals surface area contributed by atoms with Crippen molar-refractivity contribution in [3.8, 4) is 0 Å². The third-order valence-electron chi connectivity index (χ3n) is 5.75. The molecule has 3 amide bonds. The molecule has 1 saturated heterocycles. The molecule has 0 aromatic heterocycles. The van der Waals surface area contributed by atoms with E-state index in [1.54, 1.807) is 4.90 Å². The van der Waals surface area contributed by atoms with Crippen molar-refractivity contribution in [1.82, 2.24) is 10.2 Å². The zero-order valence-electron chi connectivity index (χ0n) is 14.0. The number of hydrogen-bond acceptors (Lipinski definition) is 3. The highest BCUT2D eigenvalue weighted by Gasteiger charge is 2.38. The molecule has 5 nitrogen and oxygen atoms in total. The lowest BCUT2D eigenvalue weighted by atomic mass is 9.91. The highest BCUT2D eigenvalue weighted by atomic mass is 19.1. The Labute approximate surface area is 145 Å². The third-order valence-corrected chi connectivity index (χ3v) is 5.75. The van der Waals surface area contributed by atoms with E-state index in [0.29, 0.717) is 18.0 Å². The number of fused-ring (bicyclic) bond motifs is 1. The fraction of sp³-hybridized carbons (Fsp3) is 0.526. The second kappa shape index (κ2) is 6.24. The second-order valence-electron chi connectivity index (χ2n) is 7.27. The first-order chi connectivity index (χ1) is 12.0. The van der Waals surface area contributed by atoms with Crippen LogP contribution in [0.25, 0.3) is 0 Å². The van der Waals surface area contributed by atoms with Gasteiger partial charge >= 0.3 is 0 Å². The van der Waals surface area contributed by atoms with Gasteiger partial charge in [-0.3, -0.25) is 19.7 Å². The van der Waals surface area contributed by atoms with Gasteiger partial charge in [-0.2, -0.15) is 0 Å². The smallest absolute Gasteiger partial charge is 0.239 e. The number of nitrogens with one attached hydrogen (secondary N) is 1. The molecule has 0 radical (unpaired) electrons. The number of benzene rings is 1. The van der Waals surface area contributed by atoms with Gasteiger partial charge in [-0.1, -0.05) is 18.9 Å². The van der Waals surface area contributed by atoms with Crippen LogP contribution in [0.2, 0.25) is 0 Å². The van der Waals surface area contributed by atoms with Gasteiger partial charge in [0.25, 0.3) is 0 Å². The Hall–Kier alpha value is -2.24. The van der Waals surface area contributed by atoms with Crippen molar-refractivity contribution in [2.75, 3.05) is 0 Å². The molecule has 1 unspecified atom stereocenters. The fourth-order valence-electron chi connectivity index (χ4n) is 4.40. The summed E-state index contributed by atoms with van der Waals surface area (Å²) in [6.07, 6.45) is 5.00. The lowest BCUT2D eigenvalue weighted by Crippen LogP contribution is -2.47. The van der Waals surface area contributed by atoms with Crippen LogP contribution in [-0.4, -0.2) is 22.6 Å². The number of carbonyl (C=O) groups excluding carboxylic acids is 3. The molecule has 1 aromatic rings. The summed E-state index contributed by atoms with van der Waals surface area (Å²) in [4.78, 5) is 37.6. The Morgan fingerprint density at radius 1 is 1.08 bits per heavy atom. The fourth-order valence-corrected chi connectivity index (χ4v) is 4.40. The molecule has 2 fully saturated rings. The van der Waals surface area contributed by atoms with Crippen molar-refractivity contribution < 1.29 is 18.8 Å². The van der Waals surface area contributed by atoms with Crippen molar-refractivity contribution in [2.24, 2.45) is 5.92 Å². The number of halogens is 1. The molecule has 1 aromatic carbocycles. The number of imide groups is 1. The minimum absolute atomic E-state index is 0.171. The lowest BCUT2D eigenvalue weighted by molar-refractivity contribution is -0.146. The van der Waals surface area contributed by atoms with Crippen LogP contribution >= 0.6 is 0 Å². The predicted octanol–water partition coefficient (Wildman–Crippen LogP) is 2.38. The zero-order chi connectivity index (χ0) is 17.6. The van der Waals surface area contributed by atoms with E-state index >= 15 is 0 Å². The largest absolute Gasteiger partial charge is 0.333 e. The minimum atomic E-state index is -0.843. The summed E-state index contributed by atoms with van der Waals surface area (Å²) in [5.41, 5.74) is 2.67. The third kappa shape index (κ3) is 2.83. The highest BCUT2D eigenvalue weighted by Crippen LogP contribution is 2.40. The molecular formula is C19H21FN2O3. The molecule has 4 rings (SSSR count). The van der Waals surface area contributed by atoms with E-state index < -0.39 is 11.8 Å². The van der Waals surface area contributed by atoms with Gasteiger partial charge in [0, 0.05) is 25.1 Å². The molecule has 1 saturated carbocycles. The van der Waals surface area contributed by atoms with E-state index in [9.17, 15) is 18.8 Å². The van der Waals surface area contributed by atoms with Crippen LogP contribution in [0.4, 0.5) is 4.39 Å². The second-order valence-corrected chi connectivity index (χ2v) is 7.27. The lowest BCUT2D eigenvalue weighted by Gasteiger charge is -2.25. The van der Waals surface area contributed by atoms with Gasteiger partial charge in [0.1, 0.15) is 11.7 Å². The average Bonchev–Trinajstić information content (AvgIpc) is 3.25. The Balaban J connectivity index is 1.57. The minimum Gasteiger partial charge on any atom is -0.333 e. The predicted molar refractivity (Wildman–Crippen MR) is 87.7 cm³/mol. The number of piperidine rings is 1. The normalized spacial score (nSPS) is 23.7. The zero-order valence-corrected chi connectivity index (χ0v) is 14.0. The Morgan fingerprint density at radius 3 is 2.52 bits per heavy atom. The summed E-state index contributed by atoms with van der Waals surface area (Å²) in [5, 5.41) is 2.22. The van der Waals surface area contributed by atoms with E-state index in [1.807, 2.05) is 6.07 Å². The van der Waals surface area contributed by atoms with E-state index in [1.165, 1.54) is 18.9 Å². The average molecular weight is 344 g/mol. The van der Waals surface area contributed by atoms with Crippen LogP contribution in [0.15, 0.2) is 12.1 Å². The van der Waals surface area contributed by atoms with E-state index in [4.69, 9.17) is 0 Å². The summed E-state index contributed by atoms with van der Waals surface area (Å²) in [7, 11) is 0. The summed E-state index contributed by atoms with van der Waals surface area (Å²) in [5.74, 6) is -1.86. The van der Waals surface area contributed by atoms with Crippen molar-refractivity contribution in [2.45, 2.75) is 57.5 Å². The van der Waals surface area contributed by atoms with Gasteiger partial charge in [-0.25, -0.2) is 4.39 Å². The number of hydrogen-bond donors (Lipinski definition) is 1. The number of rotatable bonds is 2. The van der Waals surface area contributed by atoms with Crippen LogP contribution in [0, 0.1) is 11.7 Å². The van der Waals surface area contributed by atoms with E-state index in [-0.39, 0.29) is 37.0 Å². The first-order valence-electron chi connectivity index (χ1n) is 8.97. The first-order valence-corrected chi connectivity index (χ1v) is 8.97. The maximum Gasteiger partial charge on any atom is 0.239 e.